The summed E-state index contributed by atoms with van der Waals surface area (Å²) in [6.45, 7) is 3.06. The minimum absolute atomic E-state index is 0. The van der Waals surface area contributed by atoms with E-state index in [4.69, 9.17) is 0 Å². The van der Waals surface area contributed by atoms with Crippen LogP contribution in [-0.4, -0.2) is 24.6 Å². The third-order valence-corrected chi connectivity index (χ3v) is 0. The molecule has 0 fully saturated rings. The Labute approximate surface area is 56.6 Å². The smallest absolute Gasteiger partial charge is 0.182 e. The number of Topliss-reactive ketones (excluding diaryl/α,β-unsaturated/α-hetero) is 1. The summed E-state index contributed by atoms with van der Waals surface area (Å²) < 4.78 is 0.750. The molecule has 9 heavy (non-hydrogen) atoms. The first-order valence-corrected chi connectivity index (χ1v) is 2.28. The third-order valence-electron chi connectivity index (χ3n) is 0. The van der Waals surface area contributed by atoms with E-state index in [-0.39, 0.29) is 13.2 Å². The van der Waals surface area contributed by atoms with Gasteiger partial charge in [0.05, 0.1) is 0 Å². The van der Waals surface area contributed by atoms with Crippen LogP contribution in [0.25, 0.3) is 0 Å². The van der Waals surface area contributed by atoms with Gasteiger partial charge < -0.3 is 4.79 Å². The average molecular weight is 134 g/mol. The molecule has 0 amide bonds. The van der Waals surface area contributed by atoms with Crippen LogP contribution in [0.1, 0.15) is 21.3 Å². The molecule has 0 aliphatic carbocycles. The standard InChI is InChI=1S/C3H6O.C2H6NO.CH4/c2*1-3(2)4;/h2*1-2H3;1H4/q;+1;. The molecule has 0 aliphatic rings. The molecule has 0 saturated carbocycles. The Kier molecular flexibility index (Phi) is 18.0. The molecule has 0 rings (SSSR count). The van der Waals surface area contributed by atoms with Gasteiger partial charge in [-0.05, 0) is 18.6 Å². The Balaban J connectivity index is -0.0000000720. The second-order valence-electron chi connectivity index (χ2n) is 1.72. The first-order valence-electron chi connectivity index (χ1n) is 2.28. The maximum Gasteiger partial charge on any atom is 0.182 e. The van der Waals surface area contributed by atoms with Crippen LogP contribution in [0.4, 0.5) is 0 Å². The monoisotopic (exact) mass is 134 g/mol. The summed E-state index contributed by atoms with van der Waals surface area (Å²) in [5, 5.41) is 0. The maximum atomic E-state index is 9.44. The molecule has 0 N–H and O–H groups in total. The van der Waals surface area contributed by atoms with Crippen molar-refractivity contribution in [1.82, 2.24) is 0 Å². The van der Waals surface area contributed by atoms with Crippen LogP contribution in [-0.2, 0) is 4.79 Å². The van der Waals surface area contributed by atoms with E-state index in [9.17, 15) is 9.70 Å². The van der Waals surface area contributed by atoms with Gasteiger partial charge in [0.25, 0.3) is 0 Å². The first kappa shape index (κ1) is 15.7. The molecule has 0 heterocycles. The summed E-state index contributed by atoms with van der Waals surface area (Å²) in [5.74, 6) is 0.167. The van der Waals surface area contributed by atoms with E-state index in [1.54, 1.807) is 0 Å². The molecule has 0 bridgehead atoms. The molecule has 0 unspecified atom stereocenters. The van der Waals surface area contributed by atoms with Crippen molar-refractivity contribution in [3.05, 3.63) is 4.91 Å². The van der Waals surface area contributed by atoms with Crippen molar-refractivity contribution < 1.29 is 9.55 Å². The number of rotatable bonds is 0. The van der Waals surface area contributed by atoms with Crippen molar-refractivity contribution in [2.45, 2.75) is 21.3 Å². The van der Waals surface area contributed by atoms with Gasteiger partial charge in [0.2, 0.25) is 0 Å². The Hall–Kier alpha value is -0.730. The Bertz CT molecular complexity index is 69.1. The summed E-state index contributed by atoms with van der Waals surface area (Å²) in [7, 11) is 2.89. The average Bonchev–Trinajstić information content (AvgIpc) is 1.25. The fraction of sp³-hybridized carbons (Fsp3) is 0.833. The summed E-state index contributed by atoms with van der Waals surface area (Å²) in [4.78, 5) is 18.8. The van der Waals surface area contributed by atoms with Crippen molar-refractivity contribution in [2.75, 3.05) is 14.1 Å². The van der Waals surface area contributed by atoms with Gasteiger partial charge in [-0.1, -0.05) is 7.43 Å². The molecule has 56 valence electrons. The van der Waals surface area contributed by atoms with Gasteiger partial charge >= 0.3 is 0 Å². The predicted molar refractivity (Wildman–Crippen MR) is 38.6 cm³/mol. The fourth-order valence-corrected chi connectivity index (χ4v) is 0. The first-order chi connectivity index (χ1) is 3.46. The lowest BCUT2D eigenvalue weighted by Crippen LogP contribution is -1.83. The Morgan fingerprint density at radius 3 is 1.22 bits per heavy atom. The van der Waals surface area contributed by atoms with E-state index in [0.717, 1.165) is 4.76 Å². The maximum absolute atomic E-state index is 9.44. The highest BCUT2D eigenvalue weighted by atomic mass is 16.3. The van der Waals surface area contributed by atoms with Crippen LogP contribution in [0.2, 0.25) is 0 Å². The number of hydrogen-bond acceptors (Lipinski definition) is 2. The SMILES string of the molecule is C.CC(C)=O.C[N+](C)=O. The molecular weight excluding hydrogens is 118 g/mol. The van der Waals surface area contributed by atoms with E-state index in [2.05, 4.69) is 0 Å². The quantitative estimate of drug-likeness (QED) is 0.468. The number of carbonyl (C=O) groups is 1. The van der Waals surface area contributed by atoms with Gasteiger partial charge in [-0.3, -0.25) is 0 Å². The lowest BCUT2D eigenvalue weighted by atomic mass is 10.6. The minimum Gasteiger partial charge on any atom is -0.300 e. The molecule has 0 radical (unpaired) electrons. The van der Waals surface area contributed by atoms with Gasteiger partial charge in [-0.15, -0.1) is 0 Å². The number of ketones is 1. The molecule has 0 aliphatic heterocycles. The molecule has 0 atom stereocenters. The van der Waals surface area contributed by atoms with Crippen LogP contribution in [0.15, 0.2) is 0 Å². The number of carbonyl (C=O) groups excluding carboxylic acids is 1. The normalized spacial score (nSPS) is 5.78. The van der Waals surface area contributed by atoms with Crippen LogP contribution >= 0.6 is 0 Å². The molecule has 3 nitrogen and oxygen atoms in total. The molecule has 0 saturated heterocycles. The van der Waals surface area contributed by atoms with Gasteiger partial charge in [0.15, 0.2) is 14.1 Å². The number of nitroso groups, excluding NO2 is 1. The van der Waals surface area contributed by atoms with Crippen LogP contribution < -0.4 is 0 Å². The third kappa shape index (κ3) is 379. The van der Waals surface area contributed by atoms with Gasteiger partial charge in [0, 0.05) is 4.91 Å². The number of hydrogen-bond donors (Lipinski definition) is 0. The van der Waals surface area contributed by atoms with Crippen LogP contribution in [0.3, 0.4) is 0 Å². The van der Waals surface area contributed by atoms with Crippen LogP contribution in [0, 0.1) is 4.91 Å². The summed E-state index contributed by atoms with van der Waals surface area (Å²) in [6, 6.07) is 0. The summed E-state index contributed by atoms with van der Waals surface area (Å²) in [6.07, 6.45) is 0. The Morgan fingerprint density at radius 1 is 1.22 bits per heavy atom. The van der Waals surface area contributed by atoms with Gasteiger partial charge in [-0.25, -0.2) is 0 Å². The van der Waals surface area contributed by atoms with E-state index in [1.807, 2.05) is 0 Å². The summed E-state index contributed by atoms with van der Waals surface area (Å²) in [5.41, 5.74) is 0. The highest BCUT2D eigenvalue weighted by Gasteiger charge is 1.66. The zero-order valence-corrected chi connectivity index (χ0v) is 5.76. The Morgan fingerprint density at radius 2 is 1.22 bits per heavy atom. The molecule has 0 aromatic rings. The van der Waals surface area contributed by atoms with Crippen molar-refractivity contribution in [3.8, 4) is 0 Å². The lowest BCUT2D eigenvalue weighted by Gasteiger charge is -1.56. The van der Waals surface area contributed by atoms with Crippen molar-refractivity contribution in [2.24, 2.45) is 0 Å². The largest absolute Gasteiger partial charge is 0.300 e. The minimum atomic E-state index is 0. The molecule has 3 heteroatoms. The number of nitrogens with zero attached hydrogens (tertiary/aromatic N) is 1. The lowest BCUT2D eigenvalue weighted by molar-refractivity contribution is -0.486. The van der Waals surface area contributed by atoms with E-state index < -0.39 is 0 Å². The highest BCUT2D eigenvalue weighted by Crippen LogP contribution is 1.50. The summed E-state index contributed by atoms with van der Waals surface area (Å²) >= 11 is 0. The zero-order valence-electron chi connectivity index (χ0n) is 5.76. The molecular formula is C6H16NO2+. The van der Waals surface area contributed by atoms with Gasteiger partial charge in [0.1, 0.15) is 5.78 Å². The van der Waals surface area contributed by atoms with Gasteiger partial charge in [-0.2, -0.15) is 0 Å². The predicted octanol–water partition coefficient (Wildman–Crippen LogP) is 1.26. The zero-order chi connectivity index (χ0) is 7.15. The molecule has 0 spiro atoms. The van der Waals surface area contributed by atoms with Crippen molar-refractivity contribution in [3.63, 3.8) is 0 Å². The fourth-order valence-electron chi connectivity index (χ4n) is 0. The van der Waals surface area contributed by atoms with Crippen LogP contribution in [0.5, 0.6) is 0 Å². The van der Waals surface area contributed by atoms with E-state index in [1.165, 1.54) is 27.9 Å². The second-order valence-corrected chi connectivity index (χ2v) is 1.72. The molecule has 0 aromatic carbocycles. The van der Waals surface area contributed by atoms with E-state index >= 15 is 0 Å². The van der Waals surface area contributed by atoms with Crippen molar-refractivity contribution >= 4 is 5.78 Å². The van der Waals surface area contributed by atoms with Crippen molar-refractivity contribution in [1.29, 1.82) is 0 Å². The highest BCUT2D eigenvalue weighted by molar-refractivity contribution is 5.72. The second kappa shape index (κ2) is 10.3. The molecule has 0 aromatic heterocycles. The van der Waals surface area contributed by atoms with E-state index in [0.29, 0.717) is 0 Å². The topological polar surface area (TPSA) is 37.1 Å².